The molecule has 1 aliphatic heterocycles. The van der Waals surface area contributed by atoms with Gasteiger partial charge in [-0.15, -0.1) is 0 Å². The Hall–Kier alpha value is -3.55. The first-order valence-corrected chi connectivity index (χ1v) is 9.24. The van der Waals surface area contributed by atoms with Gasteiger partial charge in [-0.1, -0.05) is 36.4 Å². The molecule has 8 heteroatoms. The first-order chi connectivity index (χ1) is 14.1. The lowest BCUT2D eigenvalue weighted by atomic mass is 10.2. The number of nitrogens with one attached hydrogen (secondary N) is 1. The number of para-hydroxylation sites is 1. The van der Waals surface area contributed by atoms with Crippen molar-refractivity contribution >= 4 is 23.7 Å². The van der Waals surface area contributed by atoms with Crippen LogP contribution in [0.2, 0.25) is 0 Å². The molecule has 0 saturated carbocycles. The van der Waals surface area contributed by atoms with Crippen molar-refractivity contribution in [1.29, 1.82) is 0 Å². The summed E-state index contributed by atoms with van der Waals surface area (Å²) in [6, 6.07) is 14.7. The van der Waals surface area contributed by atoms with Crippen molar-refractivity contribution in [3.8, 4) is 11.4 Å². The second kappa shape index (κ2) is 8.22. The Morgan fingerprint density at radius 3 is 2.24 bits per heavy atom. The van der Waals surface area contributed by atoms with Gasteiger partial charge in [-0.25, -0.2) is 18.7 Å². The van der Waals surface area contributed by atoms with E-state index in [2.05, 4.69) is 15.3 Å². The third-order valence-corrected chi connectivity index (χ3v) is 4.75. The number of amides is 1. The third kappa shape index (κ3) is 4.16. The number of carbonyl (C=O) groups excluding carboxylic acids is 1. The van der Waals surface area contributed by atoms with Gasteiger partial charge in [0.1, 0.15) is 29.0 Å². The van der Waals surface area contributed by atoms with Gasteiger partial charge >= 0.3 is 0 Å². The summed E-state index contributed by atoms with van der Waals surface area (Å²) >= 11 is 0. The molecule has 1 aliphatic rings. The minimum absolute atomic E-state index is 0.262. The van der Waals surface area contributed by atoms with Crippen LogP contribution in [0.4, 0.5) is 26.1 Å². The highest BCUT2D eigenvalue weighted by Gasteiger charge is 2.19. The first-order valence-electron chi connectivity index (χ1n) is 9.24. The number of carbonyl (C=O) groups is 1. The maximum Gasteiger partial charge on any atom is 0.209 e. The molecular formula is C21H19F2N5O. The highest BCUT2D eigenvalue weighted by atomic mass is 19.1. The van der Waals surface area contributed by atoms with Crippen LogP contribution in [-0.4, -0.2) is 47.5 Å². The Morgan fingerprint density at radius 1 is 0.897 bits per heavy atom. The van der Waals surface area contributed by atoms with Crippen molar-refractivity contribution in [3.63, 3.8) is 0 Å². The van der Waals surface area contributed by atoms with Crippen molar-refractivity contribution in [3.05, 3.63) is 66.2 Å². The van der Waals surface area contributed by atoms with Crippen LogP contribution in [0.3, 0.4) is 0 Å². The van der Waals surface area contributed by atoms with Crippen LogP contribution >= 0.6 is 0 Å². The number of nitrogens with zero attached hydrogens (tertiary/aromatic N) is 4. The Balaban J connectivity index is 1.71. The van der Waals surface area contributed by atoms with Gasteiger partial charge in [-0.3, -0.25) is 4.79 Å². The van der Waals surface area contributed by atoms with Gasteiger partial charge < -0.3 is 15.1 Å². The van der Waals surface area contributed by atoms with Crippen LogP contribution in [0.5, 0.6) is 0 Å². The highest BCUT2D eigenvalue weighted by Crippen LogP contribution is 2.27. The fourth-order valence-corrected chi connectivity index (χ4v) is 3.18. The summed E-state index contributed by atoms with van der Waals surface area (Å²) in [7, 11) is 0. The summed E-state index contributed by atoms with van der Waals surface area (Å²) in [6.07, 6.45) is 0.834. The number of rotatable bonds is 5. The summed E-state index contributed by atoms with van der Waals surface area (Å²) in [4.78, 5) is 23.8. The van der Waals surface area contributed by atoms with Crippen molar-refractivity contribution in [2.75, 3.05) is 36.4 Å². The number of anilines is 3. The summed E-state index contributed by atoms with van der Waals surface area (Å²) in [5, 5.41) is 2.76. The smallest absolute Gasteiger partial charge is 0.209 e. The van der Waals surface area contributed by atoms with Gasteiger partial charge in [0.25, 0.3) is 0 Å². The van der Waals surface area contributed by atoms with E-state index in [1.165, 1.54) is 18.2 Å². The van der Waals surface area contributed by atoms with E-state index in [4.69, 9.17) is 0 Å². The summed E-state index contributed by atoms with van der Waals surface area (Å²) < 4.78 is 28.2. The van der Waals surface area contributed by atoms with E-state index in [-0.39, 0.29) is 11.5 Å². The molecule has 0 atom stereocenters. The number of benzene rings is 2. The topological polar surface area (TPSA) is 61.4 Å². The molecule has 0 unspecified atom stereocenters. The molecule has 0 spiro atoms. The van der Waals surface area contributed by atoms with Crippen LogP contribution in [0, 0.1) is 11.6 Å². The molecule has 2 heterocycles. The van der Waals surface area contributed by atoms with Crippen LogP contribution in [0.15, 0.2) is 54.6 Å². The van der Waals surface area contributed by atoms with Gasteiger partial charge in [-0.05, 0) is 12.1 Å². The molecule has 1 amide bonds. The van der Waals surface area contributed by atoms with E-state index < -0.39 is 11.6 Å². The Labute approximate surface area is 166 Å². The fourth-order valence-electron chi connectivity index (χ4n) is 3.18. The molecule has 1 N–H and O–H groups in total. The second-order valence-corrected chi connectivity index (χ2v) is 6.65. The maximum atomic E-state index is 14.1. The van der Waals surface area contributed by atoms with Crippen molar-refractivity contribution in [2.45, 2.75) is 0 Å². The second-order valence-electron chi connectivity index (χ2n) is 6.65. The molecule has 6 nitrogen and oxygen atoms in total. The fraction of sp³-hybridized carbons (Fsp3) is 0.190. The number of piperazine rings is 1. The lowest BCUT2D eigenvalue weighted by molar-refractivity contribution is -0.118. The Kier molecular flexibility index (Phi) is 5.33. The van der Waals surface area contributed by atoms with Crippen LogP contribution in [-0.2, 0) is 4.79 Å². The van der Waals surface area contributed by atoms with Crippen LogP contribution in [0.1, 0.15) is 0 Å². The van der Waals surface area contributed by atoms with E-state index in [0.717, 1.165) is 12.0 Å². The SMILES string of the molecule is O=CN1CCN(c2cc(Nc3c(F)cccc3F)nc(-c3ccccc3)n2)CC1. The zero-order valence-corrected chi connectivity index (χ0v) is 15.6. The molecule has 0 bridgehead atoms. The molecule has 3 aromatic rings. The summed E-state index contributed by atoms with van der Waals surface area (Å²) in [5.41, 5.74) is 0.528. The van der Waals surface area contributed by atoms with Crippen molar-refractivity contribution < 1.29 is 13.6 Å². The van der Waals surface area contributed by atoms with Crippen molar-refractivity contribution in [1.82, 2.24) is 14.9 Å². The molecule has 1 saturated heterocycles. The molecule has 0 radical (unpaired) electrons. The molecule has 2 aromatic carbocycles. The highest BCUT2D eigenvalue weighted by molar-refractivity contribution is 5.66. The van der Waals surface area contributed by atoms with E-state index in [0.29, 0.717) is 37.8 Å². The van der Waals surface area contributed by atoms with Gasteiger partial charge in [0, 0.05) is 37.8 Å². The average Bonchev–Trinajstić information content (AvgIpc) is 2.77. The molecular weight excluding hydrogens is 376 g/mol. The predicted octanol–water partition coefficient (Wildman–Crippen LogP) is 3.44. The standard InChI is InChI=1S/C21H19F2N5O/c22-16-7-4-8-17(23)20(16)24-18-13-19(28-11-9-27(14-29)10-12-28)26-21(25-18)15-5-2-1-3-6-15/h1-8,13-14H,9-12H2,(H,24,25,26). The number of aromatic nitrogens is 2. The first kappa shape index (κ1) is 18.8. The predicted molar refractivity (Wildman–Crippen MR) is 107 cm³/mol. The molecule has 0 aliphatic carbocycles. The van der Waals surface area contributed by atoms with Gasteiger partial charge in [0.15, 0.2) is 5.82 Å². The zero-order chi connectivity index (χ0) is 20.2. The van der Waals surface area contributed by atoms with Gasteiger partial charge in [0.2, 0.25) is 6.41 Å². The lowest BCUT2D eigenvalue weighted by Crippen LogP contribution is -2.46. The molecule has 4 rings (SSSR count). The maximum absolute atomic E-state index is 14.1. The molecule has 1 fully saturated rings. The number of halogens is 2. The van der Waals surface area contributed by atoms with Gasteiger partial charge in [-0.2, -0.15) is 0 Å². The van der Waals surface area contributed by atoms with E-state index in [1.54, 1.807) is 11.0 Å². The molecule has 148 valence electrons. The normalized spacial score (nSPS) is 14.0. The Bertz CT molecular complexity index is 987. The van der Waals surface area contributed by atoms with E-state index in [9.17, 15) is 13.6 Å². The van der Waals surface area contributed by atoms with Crippen molar-refractivity contribution in [2.24, 2.45) is 0 Å². The minimum atomic E-state index is -0.703. The lowest BCUT2D eigenvalue weighted by Gasteiger charge is -2.33. The van der Waals surface area contributed by atoms with Crippen LogP contribution in [0.25, 0.3) is 11.4 Å². The number of hydrogen-bond acceptors (Lipinski definition) is 5. The minimum Gasteiger partial charge on any atom is -0.353 e. The Morgan fingerprint density at radius 2 is 1.59 bits per heavy atom. The molecule has 29 heavy (non-hydrogen) atoms. The average molecular weight is 395 g/mol. The quantitative estimate of drug-likeness (QED) is 0.671. The zero-order valence-electron chi connectivity index (χ0n) is 15.6. The third-order valence-electron chi connectivity index (χ3n) is 4.75. The van der Waals surface area contributed by atoms with E-state index >= 15 is 0 Å². The summed E-state index contributed by atoms with van der Waals surface area (Å²) in [6.45, 7) is 2.38. The summed E-state index contributed by atoms with van der Waals surface area (Å²) in [5.74, 6) is -0.0449. The largest absolute Gasteiger partial charge is 0.353 e. The van der Waals surface area contributed by atoms with Crippen LogP contribution < -0.4 is 10.2 Å². The van der Waals surface area contributed by atoms with Gasteiger partial charge in [0.05, 0.1) is 0 Å². The van der Waals surface area contributed by atoms with E-state index in [1.807, 2.05) is 35.2 Å². The monoisotopic (exact) mass is 395 g/mol. The molecule has 1 aromatic heterocycles. The number of hydrogen-bond donors (Lipinski definition) is 1.